The second kappa shape index (κ2) is 13.1. The van der Waals surface area contributed by atoms with Gasteiger partial charge in [0.2, 0.25) is 0 Å². The summed E-state index contributed by atoms with van der Waals surface area (Å²) in [6, 6.07) is 0. The van der Waals surface area contributed by atoms with Crippen molar-refractivity contribution in [1.29, 1.82) is 0 Å². The molecule has 0 bridgehead atoms. The fourth-order valence-electron chi connectivity index (χ4n) is 2.92. The van der Waals surface area contributed by atoms with E-state index in [9.17, 15) is 18.5 Å². The van der Waals surface area contributed by atoms with Gasteiger partial charge in [0.1, 0.15) is 13.2 Å². The van der Waals surface area contributed by atoms with Crippen LogP contribution in [0.4, 0.5) is 9.18 Å². The molecule has 1 fully saturated rings. The minimum atomic E-state index is -2.48. The highest BCUT2D eigenvalue weighted by molar-refractivity contribution is 7.37. The molecule has 3 atom stereocenters. The Bertz CT molecular complexity index is 459. The lowest BCUT2D eigenvalue weighted by Crippen LogP contribution is -2.33. The minimum Gasteiger partial charge on any atom is -0.462 e. The van der Waals surface area contributed by atoms with E-state index in [2.05, 4.69) is 5.32 Å². The van der Waals surface area contributed by atoms with Gasteiger partial charge in [0.25, 0.3) is 0 Å². The summed E-state index contributed by atoms with van der Waals surface area (Å²) in [5, 5.41) is 2.08. The molecule has 1 amide bonds. The Morgan fingerprint density at radius 2 is 1.81 bits per heavy atom. The van der Waals surface area contributed by atoms with E-state index in [-0.39, 0.29) is 43.6 Å². The van der Waals surface area contributed by atoms with Crippen LogP contribution in [0.2, 0.25) is 0 Å². The van der Waals surface area contributed by atoms with Gasteiger partial charge >= 0.3 is 12.1 Å². The van der Waals surface area contributed by atoms with Gasteiger partial charge in [0, 0.05) is 6.16 Å². The molecule has 1 aliphatic rings. The van der Waals surface area contributed by atoms with E-state index in [0.717, 1.165) is 32.1 Å². The molecule has 152 valence electrons. The van der Waals surface area contributed by atoms with Crippen LogP contribution in [0.1, 0.15) is 58.3 Å². The van der Waals surface area contributed by atoms with Gasteiger partial charge in [-0.1, -0.05) is 26.2 Å². The maximum atomic E-state index is 13.7. The molecular weight excluding hydrogens is 364 g/mol. The van der Waals surface area contributed by atoms with Crippen molar-refractivity contribution in [3.8, 4) is 0 Å². The number of rotatable bonds is 11. The highest BCUT2D eigenvalue weighted by atomic mass is 31.1. The summed E-state index contributed by atoms with van der Waals surface area (Å²) < 4.78 is 34.2. The average molecular weight is 395 g/mol. The second-order valence-electron chi connectivity index (χ2n) is 6.87. The molecule has 1 saturated carbocycles. The average Bonchev–Trinajstić information content (AvgIpc) is 2.62. The molecule has 0 saturated heterocycles. The molecule has 9 heteroatoms. The molecule has 0 spiro atoms. The second-order valence-corrected chi connectivity index (χ2v) is 8.15. The van der Waals surface area contributed by atoms with E-state index in [1.807, 2.05) is 6.92 Å². The molecule has 1 aliphatic carbocycles. The van der Waals surface area contributed by atoms with Crippen molar-refractivity contribution in [2.45, 2.75) is 64.6 Å². The normalized spacial score (nSPS) is 18.6. The fourth-order valence-corrected chi connectivity index (χ4v) is 3.66. The summed E-state index contributed by atoms with van der Waals surface area (Å²) in [5.41, 5.74) is 0. The first-order chi connectivity index (χ1) is 12.4. The van der Waals surface area contributed by atoms with E-state index >= 15 is 0 Å². The predicted molar refractivity (Wildman–Crippen MR) is 96.0 cm³/mol. The summed E-state index contributed by atoms with van der Waals surface area (Å²) in [7, 11) is -2.48. The Morgan fingerprint density at radius 3 is 2.46 bits per heavy atom. The fraction of sp³-hybridized carbons (Fsp3) is 0.882. The molecule has 0 aromatic heterocycles. The van der Waals surface area contributed by atoms with Crippen molar-refractivity contribution in [2.24, 2.45) is 11.8 Å². The number of alkyl carbamates (subject to hydrolysis) is 1. The van der Waals surface area contributed by atoms with Crippen molar-refractivity contribution in [2.75, 3.05) is 19.4 Å². The number of hydrogen-bond donors (Lipinski definition) is 2. The molecule has 26 heavy (non-hydrogen) atoms. The van der Waals surface area contributed by atoms with Crippen LogP contribution < -0.4 is 5.32 Å². The van der Waals surface area contributed by atoms with E-state index in [1.165, 1.54) is 0 Å². The van der Waals surface area contributed by atoms with Crippen LogP contribution in [0.5, 0.6) is 0 Å². The number of carbonyl (C=O) groups is 2. The third kappa shape index (κ3) is 10.8. The number of halogens is 1. The van der Waals surface area contributed by atoms with E-state index < -0.39 is 20.4 Å². The zero-order valence-electron chi connectivity index (χ0n) is 15.4. The Balaban J connectivity index is 2.06. The van der Waals surface area contributed by atoms with Crippen LogP contribution in [0.25, 0.3) is 0 Å². The van der Waals surface area contributed by atoms with Crippen LogP contribution in [0, 0.1) is 11.8 Å². The summed E-state index contributed by atoms with van der Waals surface area (Å²) in [6.45, 7) is 1.73. The number of amides is 1. The van der Waals surface area contributed by atoms with E-state index in [0.29, 0.717) is 12.8 Å². The van der Waals surface area contributed by atoms with Crippen LogP contribution in [-0.2, 0) is 18.8 Å². The zero-order valence-corrected chi connectivity index (χ0v) is 16.4. The Labute approximate surface area is 154 Å². The molecule has 0 aromatic rings. The van der Waals surface area contributed by atoms with Crippen LogP contribution in [0.3, 0.4) is 0 Å². The number of hydrogen-bond acceptors (Lipinski definition) is 5. The molecule has 0 aromatic carbocycles. The minimum absolute atomic E-state index is 0.0306. The first-order valence-electron chi connectivity index (χ1n) is 9.34. The molecule has 0 radical (unpaired) electrons. The number of esters is 1. The molecule has 7 nitrogen and oxygen atoms in total. The zero-order chi connectivity index (χ0) is 19.4. The number of ether oxygens (including phenoxy) is 2. The molecule has 1 rings (SSSR count). The monoisotopic (exact) mass is 395 g/mol. The number of alkyl halides is 1. The third-order valence-electron chi connectivity index (χ3n) is 4.54. The van der Waals surface area contributed by atoms with Gasteiger partial charge in [0.05, 0.1) is 5.92 Å². The van der Waals surface area contributed by atoms with E-state index in [4.69, 9.17) is 14.4 Å². The van der Waals surface area contributed by atoms with Crippen molar-refractivity contribution >= 4 is 20.1 Å². The maximum absolute atomic E-state index is 13.7. The third-order valence-corrected chi connectivity index (χ3v) is 5.25. The first kappa shape index (κ1) is 22.9. The summed E-state index contributed by atoms with van der Waals surface area (Å²) in [5.74, 6) is -0.206. The van der Waals surface area contributed by atoms with Gasteiger partial charge in [-0.25, -0.2) is 9.18 Å². The quantitative estimate of drug-likeness (QED) is 0.241. The molecule has 0 heterocycles. The summed E-state index contributed by atoms with van der Waals surface area (Å²) >= 11 is 0. The topological polar surface area (TPSA) is 102 Å². The van der Waals surface area contributed by atoms with Crippen LogP contribution in [0.15, 0.2) is 0 Å². The van der Waals surface area contributed by atoms with Crippen LogP contribution in [-0.4, -0.2) is 42.6 Å². The Morgan fingerprint density at radius 1 is 1.15 bits per heavy atom. The highest BCUT2D eigenvalue weighted by Crippen LogP contribution is 2.24. The maximum Gasteiger partial charge on any atom is 0.409 e. The smallest absolute Gasteiger partial charge is 0.409 e. The number of carbonyl (C=O) groups excluding carboxylic acids is 2. The first-order valence-corrected chi connectivity index (χ1v) is 10.9. The van der Waals surface area contributed by atoms with Crippen molar-refractivity contribution in [1.82, 2.24) is 5.32 Å². The van der Waals surface area contributed by atoms with Gasteiger partial charge in [-0.3, -0.25) is 14.7 Å². The molecule has 3 unspecified atom stereocenters. The van der Waals surface area contributed by atoms with Crippen molar-refractivity contribution in [3.05, 3.63) is 0 Å². The SMILES string of the molecule is CC(CCC(F)NC(=O)OCCOC(=O)C1CCCCC1)CC[PH](=O)O. The van der Waals surface area contributed by atoms with E-state index in [1.54, 1.807) is 0 Å². The van der Waals surface area contributed by atoms with Gasteiger partial charge < -0.3 is 14.4 Å². The van der Waals surface area contributed by atoms with Crippen LogP contribution >= 0.6 is 8.03 Å². The molecule has 0 aliphatic heterocycles. The van der Waals surface area contributed by atoms with Gasteiger partial charge in [-0.2, -0.15) is 0 Å². The molecular formula is C17H31FNO6P. The predicted octanol–water partition coefficient (Wildman–Crippen LogP) is 3.41. The van der Waals surface area contributed by atoms with Gasteiger partial charge in [0.15, 0.2) is 14.3 Å². The summed E-state index contributed by atoms with van der Waals surface area (Å²) in [4.78, 5) is 32.0. The number of nitrogens with one attached hydrogen (secondary N) is 1. The Hall–Kier alpha value is -1.14. The van der Waals surface area contributed by atoms with Gasteiger partial charge in [-0.05, 0) is 38.0 Å². The largest absolute Gasteiger partial charge is 0.462 e. The van der Waals surface area contributed by atoms with Gasteiger partial charge in [-0.15, -0.1) is 0 Å². The summed E-state index contributed by atoms with van der Waals surface area (Å²) in [6.07, 6.45) is 3.87. The lowest BCUT2D eigenvalue weighted by molar-refractivity contribution is -0.150. The van der Waals surface area contributed by atoms with Crippen molar-refractivity contribution < 1.29 is 32.9 Å². The highest BCUT2D eigenvalue weighted by Gasteiger charge is 2.22. The lowest BCUT2D eigenvalue weighted by atomic mass is 9.89. The van der Waals surface area contributed by atoms with Crippen molar-refractivity contribution in [3.63, 3.8) is 0 Å². The Kier molecular flexibility index (Phi) is 11.5. The molecule has 2 N–H and O–H groups in total. The standard InChI is InChI=1S/C17H31FNO6P/c1-13(9-12-26(22)23)7-8-15(18)19-17(21)25-11-10-24-16(20)14-5-3-2-4-6-14/h13-15,26H,2-12H2,1H3,(H,19,21)(H,22,23). The lowest BCUT2D eigenvalue weighted by Gasteiger charge is -2.19.